The summed E-state index contributed by atoms with van der Waals surface area (Å²) in [5, 5.41) is 11.8. The van der Waals surface area contributed by atoms with Gasteiger partial charge < -0.3 is 5.32 Å². The van der Waals surface area contributed by atoms with E-state index in [4.69, 9.17) is 16.9 Å². The molecular formula is C12H8ClFN4. The molecule has 2 rings (SSSR count). The molecule has 6 heteroatoms. The van der Waals surface area contributed by atoms with Crippen LogP contribution < -0.4 is 5.32 Å². The van der Waals surface area contributed by atoms with Crippen molar-refractivity contribution in [3.63, 3.8) is 0 Å². The Morgan fingerprint density at radius 2 is 2.22 bits per heavy atom. The standard InChI is InChI=1S/C12H8ClFN4/c13-12-16-6-4-11(18-12)17-10-2-1-9(14)7-8(10)3-5-15/h1-2,4,6-7H,3H2,(H,16,17,18). The molecule has 0 fully saturated rings. The van der Waals surface area contributed by atoms with Gasteiger partial charge in [-0.05, 0) is 41.4 Å². The van der Waals surface area contributed by atoms with Crippen molar-refractivity contribution in [1.82, 2.24) is 9.97 Å². The van der Waals surface area contributed by atoms with Gasteiger partial charge in [0.15, 0.2) is 0 Å². The number of nitriles is 1. The zero-order valence-electron chi connectivity index (χ0n) is 9.19. The maximum atomic E-state index is 13.1. The highest BCUT2D eigenvalue weighted by Gasteiger charge is 2.05. The summed E-state index contributed by atoms with van der Waals surface area (Å²) in [5.41, 5.74) is 1.18. The molecule has 0 saturated heterocycles. The first kappa shape index (κ1) is 12.3. The zero-order chi connectivity index (χ0) is 13.0. The number of hydrogen-bond donors (Lipinski definition) is 1. The van der Waals surface area contributed by atoms with Crippen LogP contribution >= 0.6 is 11.6 Å². The van der Waals surface area contributed by atoms with Crippen LogP contribution in [0.15, 0.2) is 30.5 Å². The van der Waals surface area contributed by atoms with E-state index in [1.807, 2.05) is 6.07 Å². The molecule has 1 heterocycles. The van der Waals surface area contributed by atoms with Gasteiger partial charge in [0, 0.05) is 11.9 Å². The molecule has 1 aromatic heterocycles. The van der Waals surface area contributed by atoms with Crippen molar-refractivity contribution in [2.45, 2.75) is 6.42 Å². The summed E-state index contributed by atoms with van der Waals surface area (Å²) >= 11 is 5.66. The van der Waals surface area contributed by atoms with Gasteiger partial charge in [-0.25, -0.2) is 14.4 Å². The third kappa shape index (κ3) is 2.93. The summed E-state index contributed by atoms with van der Waals surface area (Å²) in [6.45, 7) is 0. The first-order valence-corrected chi connectivity index (χ1v) is 5.48. The van der Waals surface area contributed by atoms with E-state index in [-0.39, 0.29) is 17.5 Å². The highest BCUT2D eigenvalue weighted by molar-refractivity contribution is 6.28. The lowest BCUT2D eigenvalue weighted by Gasteiger charge is -2.09. The van der Waals surface area contributed by atoms with Gasteiger partial charge in [-0.1, -0.05) is 0 Å². The largest absolute Gasteiger partial charge is 0.340 e. The Labute approximate surface area is 108 Å². The molecule has 0 atom stereocenters. The maximum Gasteiger partial charge on any atom is 0.224 e. The minimum atomic E-state index is -0.383. The van der Waals surface area contributed by atoms with Crippen LogP contribution in [-0.2, 0) is 6.42 Å². The van der Waals surface area contributed by atoms with E-state index in [1.165, 1.54) is 18.3 Å². The molecule has 1 aromatic carbocycles. The van der Waals surface area contributed by atoms with Crippen LogP contribution in [0, 0.1) is 17.1 Å². The van der Waals surface area contributed by atoms with Crippen molar-refractivity contribution in [2.75, 3.05) is 5.32 Å². The molecule has 0 aliphatic heterocycles. The normalized spacial score (nSPS) is 9.83. The second-order valence-corrected chi connectivity index (χ2v) is 3.81. The van der Waals surface area contributed by atoms with E-state index >= 15 is 0 Å². The van der Waals surface area contributed by atoms with E-state index in [0.717, 1.165) is 0 Å². The Kier molecular flexibility index (Phi) is 3.70. The maximum absolute atomic E-state index is 13.1. The SMILES string of the molecule is N#CCc1cc(F)ccc1Nc1ccnc(Cl)n1. The van der Waals surface area contributed by atoms with E-state index in [0.29, 0.717) is 17.1 Å². The van der Waals surface area contributed by atoms with Gasteiger partial charge in [-0.15, -0.1) is 0 Å². The predicted octanol–water partition coefficient (Wildman–Crippen LogP) is 3.08. The Bertz CT molecular complexity index is 609. The fourth-order valence-electron chi connectivity index (χ4n) is 1.46. The van der Waals surface area contributed by atoms with Gasteiger partial charge in [0.1, 0.15) is 11.6 Å². The number of hydrogen-bond acceptors (Lipinski definition) is 4. The topological polar surface area (TPSA) is 61.6 Å². The summed E-state index contributed by atoms with van der Waals surface area (Å²) in [6.07, 6.45) is 1.62. The Morgan fingerprint density at radius 3 is 2.94 bits per heavy atom. The van der Waals surface area contributed by atoms with Gasteiger partial charge in [0.05, 0.1) is 12.5 Å². The first-order chi connectivity index (χ1) is 8.69. The van der Waals surface area contributed by atoms with Gasteiger partial charge >= 0.3 is 0 Å². The van der Waals surface area contributed by atoms with Crippen LogP contribution in [-0.4, -0.2) is 9.97 Å². The van der Waals surface area contributed by atoms with Crippen LogP contribution in [0.2, 0.25) is 5.28 Å². The average molecular weight is 263 g/mol. The quantitative estimate of drug-likeness (QED) is 0.864. The number of halogens is 2. The summed E-state index contributed by atoms with van der Waals surface area (Å²) in [4.78, 5) is 7.71. The molecular weight excluding hydrogens is 255 g/mol. The molecule has 1 N–H and O–H groups in total. The van der Waals surface area contributed by atoms with Crippen molar-refractivity contribution >= 4 is 23.1 Å². The lowest BCUT2D eigenvalue weighted by atomic mass is 10.1. The third-order valence-corrected chi connectivity index (χ3v) is 2.41. The second-order valence-electron chi connectivity index (χ2n) is 3.47. The van der Waals surface area contributed by atoms with Gasteiger partial charge in [0.2, 0.25) is 5.28 Å². The van der Waals surface area contributed by atoms with Crippen LogP contribution in [0.4, 0.5) is 15.9 Å². The third-order valence-electron chi connectivity index (χ3n) is 2.23. The summed E-state index contributed by atoms with van der Waals surface area (Å²) in [6, 6.07) is 7.79. The van der Waals surface area contributed by atoms with Gasteiger partial charge in [-0.2, -0.15) is 5.26 Å². The number of aromatic nitrogens is 2. The number of nitrogens with zero attached hydrogens (tertiary/aromatic N) is 3. The second kappa shape index (κ2) is 5.43. The van der Waals surface area contributed by atoms with Crippen molar-refractivity contribution < 1.29 is 4.39 Å². The Hall–Kier alpha value is -2.19. The molecule has 4 nitrogen and oxygen atoms in total. The number of nitrogens with one attached hydrogen (secondary N) is 1. The van der Waals surface area contributed by atoms with Crippen molar-refractivity contribution in [3.05, 3.63) is 47.1 Å². The molecule has 0 spiro atoms. The van der Waals surface area contributed by atoms with E-state index in [2.05, 4.69) is 15.3 Å². The zero-order valence-corrected chi connectivity index (χ0v) is 9.95. The fourth-order valence-corrected chi connectivity index (χ4v) is 1.61. The number of anilines is 2. The Balaban J connectivity index is 2.31. The Morgan fingerprint density at radius 1 is 1.39 bits per heavy atom. The fraction of sp³-hybridized carbons (Fsp3) is 0.0833. The predicted molar refractivity (Wildman–Crippen MR) is 66.0 cm³/mol. The van der Waals surface area contributed by atoms with Gasteiger partial charge in [-0.3, -0.25) is 0 Å². The minimum Gasteiger partial charge on any atom is -0.340 e. The molecule has 0 radical (unpaired) electrons. The molecule has 90 valence electrons. The highest BCUT2D eigenvalue weighted by Crippen LogP contribution is 2.21. The smallest absolute Gasteiger partial charge is 0.224 e. The van der Waals surface area contributed by atoms with Crippen LogP contribution in [0.3, 0.4) is 0 Å². The lowest BCUT2D eigenvalue weighted by molar-refractivity contribution is 0.626. The summed E-state index contributed by atoms with van der Waals surface area (Å²) in [7, 11) is 0. The number of rotatable bonds is 3. The van der Waals surface area contributed by atoms with E-state index < -0.39 is 0 Å². The van der Waals surface area contributed by atoms with E-state index in [9.17, 15) is 4.39 Å². The summed E-state index contributed by atoms with van der Waals surface area (Å²) < 4.78 is 13.1. The summed E-state index contributed by atoms with van der Waals surface area (Å²) in [5.74, 6) is 0.104. The van der Waals surface area contributed by atoms with Crippen LogP contribution in [0.25, 0.3) is 0 Å². The lowest BCUT2D eigenvalue weighted by Crippen LogP contribution is -1.99. The van der Waals surface area contributed by atoms with Crippen molar-refractivity contribution in [3.8, 4) is 6.07 Å². The van der Waals surface area contributed by atoms with Crippen molar-refractivity contribution in [1.29, 1.82) is 5.26 Å². The van der Waals surface area contributed by atoms with Crippen molar-refractivity contribution in [2.24, 2.45) is 0 Å². The highest BCUT2D eigenvalue weighted by atomic mass is 35.5. The van der Waals surface area contributed by atoms with Gasteiger partial charge in [0.25, 0.3) is 0 Å². The van der Waals surface area contributed by atoms with Crippen LogP contribution in [0.5, 0.6) is 0 Å². The molecule has 2 aromatic rings. The van der Waals surface area contributed by atoms with E-state index in [1.54, 1.807) is 12.1 Å². The molecule has 0 bridgehead atoms. The molecule has 0 aliphatic carbocycles. The molecule has 0 saturated carbocycles. The van der Waals surface area contributed by atoms with Crippen LogP contribution in [0.1, 0.15) is 5.56 Å². The molecule has 0 aliphatic rings. The number of benzene rings is 1. The minimum absolute atomic E-state index is 0.110. The molecule has 18 heavy (non-hydrogen) atoms. The monoisotopic (exact) mass is 262 g/mol. The molecule has 0 amide bonds. The first-order valence-electron chi connectivity index (χ1n) is 5.10. The average Bonchev–Trinajstić information content (AvgIpc) is 2.33. The molecule has 0 unspecified atom stereocenters.